The van der Waals surface area contributed by atoms with Crippen molar-refractivity contribution in [1.29, 1.82) is 0 Å². The van der Waals surface area contributed by atoms with E-state index < -0.39 is 0 Å². The van der Waals surface area contributed by atoms with Gasteiger partial charge >= 0.3 is 0 Å². The Balaban J connectivity index is 1.14. The van der Waals surface area contributed by atoms with E-state index in [1.165, 1.54) is 83.9 Å². The van der Waals surface area contributed by atoms with Crippen LogP contribution in [0.1, 0.15) is 71.6 Å². The highest BCUT2D eigenvalue weighted by Gasteiger charge is 2.52. The third kappa shape index (κ3) is 4.14. The molecule has 5 aliphatic rings. The van der Waals surface area contributed by atoms with Gasteiger partial charge in [-0.3, -0.25) is 0 Å². The second kappa shape index (κ2) is 11.3. The molecular formula is C52H41N. The standard InChI is InChI=1S/C52H41N/c1-51(2)43-21-10-6-17-38(43)41-32-31-37(33-48(41)51)53(36-29-27-35(28-30-36)34-15-4-3-5-16-34)49-26-14-25-47-50(49)42-20-9-13-24-46(42)52(47)44-22-11-7-18-39(44)40-19-8-12-23-45(40)52/h3-27,29-32,35,48H,28,33H2,1-2H3. The minimum atomic E-state index is -0.376. The van der Waals surface area contributed by atoms with Gasteiger partial charge in [-0.1, -0.05) is 172 Å². The molecule has 0 saturated heterocycles. The molecule has 0 saturated carbocycles. The van der Waals surface area contributed by atoms with Crippen LogP contribution in [0.25, 0.3) is 27.8 Å². The van der Waals surface area contributed by atoms with Crippen LogP contribution < -0.4 is 4.90 Å². The van der Waals surface area contributed by atoms with Crippen LogP contribution in [0.2, 0.25) is 0 Å². The number of fused-ring (bicyclic) bond motifs is 13. The van der Waals surface area contributed by atoms with Gasteiger partial charge in [0.25, 0.3) is 0 Å². The fraction of sp³-hybridized carbons (Fsp3) is 0.154. The Morgan fingerprint density at radius 2 is 1.13 bits per heavy atom. The van der Waals surface area contributed by atoms with Gasteiger partial charge in [0, 0.05) is 22.9 Å². The van der Waals surface area contributed by atoms with Crippen LogP contribution in [-0.2, 0) is 10.8 Å². The minimum absolute atomic E-state index is 0.0371. The Morgan fingerprint density at radius 1 is 0.547 bits per heavy atom. The first-order valence-electron chi connectivity index (χ1n) is 19.2. The Labute approximate surface area is 313 Å². The maximum atomic E-state index is 2.63. The molecule has 0 fully saturated rings. The quantitative estimate of drug-likeness (QED) is 0.179. The number of hydrogen-bond acceptors (Lipinski definition) is 1. The van der Waals surface area contributed by atoms with Gasteiger partial charge in [0.05, 0.1) is 11.1 Å². The van der Waals surface area contributed by atoms with E-state index in [-0.39, 0.29) is 10.8 Å². The van der Waals surface area contributed by atoms with Crippen LogP contribution in [-0.4, -0.2) is 0 Å². The zero-order chi connectivity index (χ0) is 35.3. The van der Waals surface area contributed by atoms with Gasteiger partial charge < -0.3 is 4.90 Å². The monoisotopic (exact) mass is 679 g/mol. The van der Waals surface area contributed by atoms with Gasteiger partial charge in [-0.25, -0.2) is 0 Å². The molecule has 0 aliphatic heterocycles. The summed E-state index contributed by atoms with van der Waals surface area (Å²) in [5.41, 5.74) is 20.2. The molecule has 0 N–H and O–H groups in total. The number of hydrogen-bond donors (Lipinski definition) is 0. The average Bonchev–Trinajstić information content (AvgIpc) is 3.78. The topological polar surface area (TPSA) is 3.24 Å². The summed E-state index contributed by atoms with van der Waals surface area (Å²) in [7, 11) is 0. The van der Waals surface area contributed by atoms with E-state index >= 15 is 0 Å². The van der Waals surface area contributed by atoms with Crippen molar-refractivity contribution in [2.75, 3.05) is 4.90 Å². The van der Waals surface area contributed by atoms with Crippen molar-refractivity contribution in [3.63, 3.8) is 0 Å². The summed E-state index contributed by atoms with van der Waals surface area (Å²) < 4.78 is 0. The summed E-state index contributed by atoms with van der Waals surface area (Å²) in [4.78, 5) is 2.63. The average molecular weight is 680 g/mol. The second-order valence-electron chi connectivity index (χ2n) is 16.0. The first kappa shape index (κ1) is 30.7. The molecule has 0 aromatic heterocycles. The van der Waals surface area contributed by atoms with Crippen molar-refractivity contribution in [3.8, 4) is 22.3 Å². The third-order valence-corrected chi connectivity index (χ3v) is 13.1. The molecule has 0 amide bonds. The van der Waals surface area contributed by atoms with Crippen molar-refractivity contribution >= 4 is 11.3 Å². The summed E-state index contributed by atoms with van der Waals surface area (Å²) >= 11 is 0. The van der Waals surface area contributed by atoms with Gasteiger partial charge in [0.15, 0.2) is 0 Å². The predicted molar refractivity (Wildman–Crippen MR) is 220 cm³/mol. The maximum absolute atomic E-state index is 2.63. The fourth-order valence-corrected chi connectivity index (χ4v) is 10.8. The highest BCUT2D eigenvalue weighted by Crippen LogP contribution is 2.64. The van der Waals surface area contributed by atoms with Crippen LogP contribution in [0, 0.1) is 5.92 Å². The lowest BCUT2D eigenvalue weighted by Crippen LogP contribution is -2.31. The molecule has 1 spiro atoms. The number of allylic oxidation sites excluding steroid dienone is 7. The molecule has 254 valence electrons. The van der Waals surface area contributed by atoms with E-state index in [2.05, 4.69) is 195 Å². The maximum Gasteiger partial charge on any atom is 0.0726 e. The number of nitrogens with zero attached hydrogens (tertiary/aromatic N) is 1. The predicted octanol–water partition coefficient (Wildman–Crippen LogP) is 12.7. The lowest BCUT2D eigenvalue weighted by Gasteiger charge is -2.38. The summed E-state index contributed by atoms with van der Waals surface area (Å²) in [6.45, 7) is 4.90. The van der Waals surface area contributed by atoms with Crippen LogP contribution in [0.3, 0.4) is 0 Å². The van der Waals surface area contributed by atoms with Gasteiger partial charge in [0.1, 0.15) is 0 Å². The summed E-state index contributed by atoms with van der Waals surface area (Å²) in [6.07, 6.45) is 14.1. The van der Waals surface area contributed by atoms with Crippen molar-refractivity contribution in [1.82, 2.24) is 0 Å². The molecule has 0 heterocycles. The van der Waals surface area contributed by atoms with Gasteiger partial charge in [0.2, 0.25) is 0 Å². The van der Waals surface area contributed by atoms with Crippen molar-refractivity contribution < 1.29 is 0 Å². The lowest BCUT2D eigenvalue weighted by molar-refractivity contribution is 0.406. The lowest BCUT2D eigenvalue weighted by atomic mass is 9.70. The molecule has 2 unspecified atom stereocenters. The molecule has 0 radical (unpaired) electrons. The number of benzene rings is 6. The molecule has 1 heteroatoms. The van der Waals surface area contributed by atoms with Gasteiger partial charge in [-0.15, -0.1) is 0 Å². The minimum Gasteiger partial charge on any atom is -0.314 e. The second-order valence-corrected chi connectivity index (χ2v) is 16.0. The van der Waals surface area contributed by atoms with E-state index in [0.717, 1.165) is 12.8 Å². The first-order chi connectivity index (χ1) is 26.1. The SMILES string of the molecule is CC1(C)c2ccccc2C2=CC=C(N(C3=CCC(c4ccccc4)C=C3)c3cccc4c3-c3ccccc3C43c4ccccc4-c4ccccc43)CC21. The van der Waals surface area contributed by atoms with Crippen molar-refractivity contribution in [2.45, 2.75) is 43.4 Å². The fourth-order valence-electron chi connectivity index (χ4n) is 10.8. The summed E-state index contributed by atoms with van der Waals surface area (Å²) in [6, 6.07) is 54.6. The highest BCUT2D eigenvalue weighted by atomic mass is 15.2. The van der Waals surface area contributed by atoms with E-state index in [9.17, 15) is 0 Å². The molecule has 2 atom stereocenters. The van der Waals surface area contributed by atoms with E-state index in [1.54, 1.807) is 0 Å². The Morgan fingerprint density at radius 3 is 1.81 bits per heavy atom. The van der Waals surface area contributed by atoms with E-state index in [1.807, 2.05) is 0 Å². The van der Waals surface area contributed by atoms with Crippen molar-refractivity contribution in [3.05, 3.63) is 226 Å². The zero-order valence-corrected chi connectivity index (χ0v) is 30.3. The third-order valence-electron chi connectivity index (χ3n) is 13.1. The van der Waals surface area contributed by atoms with Crippen LogP contribution in [0.4, 0.5) is 5.69 Å². The number of rotatable bonds is 4. The normalized spacial score (nSPS) is 20.3. The molecular weight excluding hydrogens is 639 g/mol. The Hall–Kier alpha value is -5.92. The van der Waals surface area contributed by atoms with Crippen LogP contribution in [0.15, 0.2) is 187 Å². The van der Waals surface area contributed by atoms with Crippen LogP contribution >= 0.6 is 0 Å². The zero-order valence-electron chi connectivity index (χ0n) is 30.3. The molecule has 6 aromatic rings. The molecule has 5 aliphatic carbocycles. The largest absolute Gasteiger partial charge is 0.314 e. The molecule has 11 rings (SSSR count). The van der Waals surface area contributed by atoms with E-state index in [4.69, 9.17) is 0 Å². The van der Waals surface area contributed by atoms with E-state index in [0.29, 0.717) is 11.8 Å². The molecule has 0 bridgehead atoms. The smallest absolute Gasteiger partial charge is 0.0726 e. The molecule has 53 heavy (non-hydrogen) atoms. The number of anilines is 1. The molecule has 1 nitrogen and oxygen atoms in total. The molecule has 6 aromatic carbocycles. The van der Waals surface area contributed by atoms with Crippen molar-refractivity contribution in [2.24, 2.45) is 5.92 Å². The van der Waals surface area contributed by atoms with Crippen LogP contribution in [0.5, 0.6) is 0 Å². The van der Waals surface area contributed by atoms with Gasteiger partial charge in [-0.05, 0) is 104 Å². The van der Waals surface area contributed by atoms with Gasteiger partial charge in [-0.2, -0.15) is 0 Å². The summed E-state index contributed by atoms with van der Waals surface area (Å²) in [5, 5.41) is 0. The Bertz CT molecular complexity index is 2560. The first-order valence-corrected chi connectivity index (χ1v) is 19.2. The highest BCUT2D eigenvalue weighted by molar-refractivity contribution is 5.99. The summed E-state index contributed by atoms with van der Waals surface area (Å²) in [5.74, 6) is 0.769. The Kier molecular flexibility index (Phi) is 6.54.